The molecular weight excluding hydrogens is 410 g/mol. The Morgan fingerprint density at radius 2 is 2.03 bits per heavy atom. The van der Waals surface area contributed by atoms with Crippen LogP contribution in [0.15, 0.2) is 60.1 Å². The van der Waals surface area contributed by atoms with Crippen LogP contribution in [0.2, 0.25) is 0 Å². The van der Waals surface area contributed by atoms with Gasteiger partial charge in [-0.15, -0.1) is 0 Å². The highest BCUT2D eigenvalue weighted by molar-refractivity contribution is 6.06. The summed E-state index contributed by atoms with van der Waals surface area (Å²) < 4.78 is 18.8. The monoisotopic (exact) mass is 433 g/mol. The Morgan fingerprint density at radius 1 is 1.22 bits per heavy atom. The van der Waals surface area contributed by atoms with Crippen molar-refractivity contribution in [2.24, 2.45) is 0 Å². The molecule has 164 valence electrons. The summed E-state index contributed by atoms with van der Waals surface area (Å²) in [5.41, 5.74) is 2.65. The van der Waals surface area contributed by atoms with Crippen molar-refractivity contribution in [3.8, 4) is 17.2 Å². The van der Waals surface area contributed by atoms with Gasteiger partial charge >= 0.3 is 0 Å². The molecule has 1 amide bonds. The van der Waals surface area contributed by atoms with Crippen LogP contribution in [0.25, 0.3) is 0 Å². The molecule has 0 fully saturated rings. The first kappa shape index (κ1) is 19.9. The van der Waals surface area contributed by atoms with E-state index in [-0.39, 0.29) is 5.91 Å². The summed E-state index contributed by atoms with van der Waals surface area (Å²) in [6.45, 7) is 5.25. The number of anilines is 2. The van der Waals surface area contributed by atoms with Crippen molar-refractivity contribution in [3.05, 3.63) is 65.6 Å². The lowest BCUT2D eigenvalue weighted by atomic mass is 9.94. The SMILES string of the molecule is CCOc1ccccc1NC(=O)C1=C(C)Nc2ncnn2C1c1ccc2c(c1)OCCO2. The smallest absolute Gasteiger partial charge is 0.255 e. The lowest BCUT2D eigenvalue weighted by Crippen LogP contribution is -2.31. The minimum atomic E-state index is -0.496. The second kappa shape index (κ2) is 8.26. The minimum Gasteiger partial charge on any atom is -0.492 e. The first-order valence-electron chi connectivity index (χ1n) is 10.5. The van der Waals surface area contributed by atoms with Gasteiger partial charge in [0.15, 0.2) is 11.5 Å². The van der Waals surface area contributed by atoms with Gasteiger partial charge in [0.1, 0.15) is 31.3 Å². The molecule has 0 saturated carbocycles. The fourth-order valence-corrected chi connectivity index (χ4v) is 3.96. The van der Waals surface area contributed by atoms with Crippen molar-refractivity contribution < 1.29 is 19.0 Å². The molecule has 3 aromatic rings. The van der Waals surface area contributed by atoms with E-state index in [2.05, 4.69) is 20.7 Å². The van der Waals surface area contributed by atoms with Gasteiger partial charge in [0, 0.05) is 5.70 Å². The third-order valence-electron chi connectivity index (χ3n) is 5.36. The number of benzene rings is 2. The van der Waals surface area contributed by atoms with Gasteiger partial charge in [-0.25, -0.2) is 4.68 Å². The number of nitrogens with one attached hydrogen (secondary N) is 2. The number of hydrogen-bond acceptors (Lipinski definition) is 7. The molecule has 2 aliphatic rings. The predicted octanol–water partition coefficient (Wildman–Crippen LogP) is 3.38. The van der Waals surface area contributed by atoms with Crippen molar-refractivity contribution in [1.29, 1.82) is 0 Å². The van der Waals surface area contributed by atoms with Crippen LogP contribution in [0.4, 0.5) is 11.6 Å². The van der Waals surface area contributed by atoms with E-state index in [1.54, 1.807) is 4.68 Å². The first-order valence-corrected chi connectivity index (χ1v) is 10.5. The van der Waals surface area contributed by atoms with Crippen LogP contribution in [-0.4, -0.2) is 40.5 Å². The number of rotatable bonds is 5. The van der Waals surface area contributed by atoms with Gasteiger partial charge in [-0.3, -0.25) is 4.79 Å². The van der Waals surface area contributed by atoms with E-state index in [0.29, 0.717) is 60.0 Å². The molecule has 9 nitrogen and oxygen atoms in total. The Kier molecular flexibility index (Phi) is 5.14. The van der Waals surface area contributed by atoms with E-state index in [0.717, 1.165) is 5.56 Å². The summed E-state index contributed by atoms with van der Waals surface area (Å²) in [6, 6.07) is 12.5. The Morgan fingerprint density at radius 3 is 2.88 bits per heavy atom. The Labute approximate surface area is 185 Å². The Balaban J connectivity index is 1.55. The lowest BCUT2D eigenvalue weighted by Gasteiger charge is -2.29. The van der Waals surface area contributed by atoms with E-state index in [1.165, 1.54) is 6.33 Å². The second-order valence-electron chi connectivity index (χ2n) is 7.38. The molecule has 0 spiro atoms. The molecule has 1 aromatic heterocycles. The van der Waals surface area contributed by atoms with Crippen LogP contribution in [-0.2, 0) is 4.79 Å². The van der Waals surface area contributed by atoms with Crippen LogP contribution >= 0.6 is 0 Å². The first-order chi connectivity index (χ1) is 15.7. The van der Waals surface area contributed by atoms with Gasteiger partial charge < -0.3 is 24.8 Å². The molecule has 2 aromatic carbocycles. The fourth-order valence-electron chi connectivity index (χ4n) is 3.96. The molecule has 0 radical (unpaired) electrons. The highest BCUT2D eigenvalue weighted by Crippen LogP contribution is 2.40. The van der Waals surface area contributed by atoms with Crippen LogP contribution in [0.1, 0.15) is 25.5 Å². The number of allylic oxidation sites excluding steroid dienone is 1. The van der Waals surface area contributed by atoms with Gasteiger partial charge in [-0.2, -0.15) is 10.1 Å². The maximum absolute atomic E-state index is 13.6. The van der Waals surface area contributed by atoms with E-state index >= 15 is 0 Å². The number of amides is 1. The summed E-state index contributed by atoms with van der Waals surface area (Å²) in [5.74, 6) is 2.25. The molecule has 32 heavy (non-hydrogen) atoms. The third-order valence-corrected chi connectivity index (χ3v) is 5.36. The van der Waals surface area contributed by atoms with E-state index in [1.807, 2.05) is 56.3 Å². The summed E-state index contributed by atoms with van der Waals surface area (Å²) in [7, 11) is 0. The number of aromatic nitrogens is 3. The topological polar surface area (TPSA) is 99.5 Å². The van der Waals surface area contributed by atoms with Gasteiger partial charge in [-0.05, 0) is 43.7 Å². The molecular formula is C23H23N5O4. The molecule has 3 heterocycles. The quantitative estimate of drug-likeness (QED) is 0.636. The summed E-state index contributed by atoms with van der Waals surface area (Å²) in [4.78, 5) is 17.8. The molecule has 1 atom stereocenters. The molecule has 1 unspecified atom stereocenters. The number of carbonyl (C=O) groups is 1. The fraction of sp³-hybridized carbons (Fsp3) is 0.261. The van der Waals surface area contributed by atoms with Crippen molar-refractivity contribution in [2.45, 2.75) is 19.9 Å². The van der Waals surface area contributed by atoms with Gasteiger partial charge in [-0.1, -0.05) is 18.2 Å². The average molecular weight is 433 g/mol. The summed E-state index contributed by atoms with van der Waals surface area (Å²) in [6.07, 6.45) is 1.46. The molecule has 9 heteroatoms. The summed E-state index contributed by atoms with van der Waals surface area (Å²) >= 11 is 0. The standard InChI is InChI=1S/C23H23N5O4/c1-3-30-17-7-5-4-6-16(17)27-22(29)20-14(2)26-23-24-13-25-28(23)21(20)15-8-9-18-19(12-15)32-11-10-31-18/h4-9,12-13,21H,3,10-11H2,1-2H3,(H,27,29)(H,24,25,26). The minimum absolute atomic E-state index is 0.261. The number of carbonyl (C=O) groups excluding carboxylic acids is 1. The molecule has 2 N–H and O–H groups in total. The lowest BCUT2D eigenvalue weighted by molar-refractivity contribution is -0.113. The van der Waals surface area contributed by atoms with Crippen LogP contribution in [0.3, 0.4) is 0 Å². The van der Waals surface area contributed by atoms with E-state index in [4.69, 9.17) is 14.2 Å². The number of nitrogens with zero attached hydrogens (tertiary/aromatic N) is 3. The predicted molar refractivity (Wildman–Crippen MR) is 118 cm³/mol. The molecule has 2 aliphatic heterocycles. The molecule has 5 rings (SSSR count). The summed E-state index contributed by atoms with van der Waals surface area (Å²) in [5, 5.41) is 10.6. The zero-order valence-corrected chi connectivity index (χ0v) is 17.8. The number of para-hydroxylation sites is 2. The maximum atomic E-state index is 13.6. The Hall–Kier alpha value is -4.01. The van der Waals surface area contributed by atoms with E-state index < -0.39 is 6.04 Å². The number of ether oxygens (including phenoxy) is 3. The largest absolute Gasteiger partial charge is 0.492 e. The normalized spacial score (nSPS) is 16.8. The van der Waals surface area contributed by atoms with Gasteiger partial charge in [0.25, 0.3) is 5.91 Å². The molecule has 0 aliphatic carbocycles. The van der Waals surface area contributed by atoms with Crippen molar-refractivity contribution >= 4 is 17.5 Å². The average Bonchev–Trinajstić information content (AvgIpc) is 3.27. The highest BCUT2D eigenvalue weighted by atomic mass is 16.6. The van der Waals surface area contributed by atoms with Crippen molar-refractivity contribution in [3.63, 3.8) is 0 Å². The van der Waals surface area contributed by atoms with Crippen LogP contribution < -0.4 is 24.8 Å². The van der Waals surface area contributed by atoms with E-state index in [9.17, 15) is 4.79 Å². The second-order valence-corrected chi connectivity index (χ2v) is 7.38. The van der Waals surface area contributed by atoms with Crippen molar-refractivity contribution in [2.75, 3.05) is 30.5 Å². The van der Waals surface area contributed by atoms with Gasteiger partial charge in [0.05, 0.1) is 17.9 Å². The van der Waals surface area contributed by atoms with Gasteiger partial charge in [0.2, 0.25) is 5.95 Å². The maximum Gasteiger partial charge on any atom is 0.255 e. The van der Waals surface area contributed by atoms with Crippen LogP contribution in [0.5, 0.6) is 17.2 Å². The highest BCUT2D eigenvalue weighted by Gasteiger charge is 2.34. The number of hydrogen-bond donors (Lipinski definition) is 2. The third kappa shape index (κ3) is 3.51. The Bertz CT molecular complexity index is 1200. The molecule has 0 saturated heterocycles. The zero-order chi connectivity index (χ0) is 22.1. The number of fused-ring (bicyclic) bond motifs is 2. The van der Waals surface area contributed by atoms with Crippen molar-refractivity contribution in [1.82, 2.24) is 14.8 Å². The molecule has 0 bridgehead atoms. The zero-order valence-electron chi connectivity index (χ0n) is 17.8. The van der Waals surface area contributed by atoms with Crippen LogP contribution in [0, 0.1) is 0 Å².